The van der Waals surface area contributed by atoms with Crippen molar-refractivity contribution in [2.45, 2.75) is 0 Å². The van der Waals surface area contributed by atoms with Crippen LogP contribution in [0.15, 0.2) is 28.7 Å². The van der Waals surface area contributed by atoms with Crippen molar-refractivity contribution in [2.75, 3.05) is 0 Å². The Morgan fingerprint density at radius 1 is 1.44 bits per heavy atom. The zero-order valence-electron chi connectivity index (χ0n) is 7.75. The Bertz CT molecular complexity index is 572. The van der Waals surface area contributed by atoms with Crippen LogP contribution in [0.4, 0.5) is 10.5 Å². The first-order valence-corrected chi connectivity index (χ1v) is 4.15. The van der Waals surface area contributed by atoms with Gasteiger partial charge in [0.05, 0.1) is 4.92 Å². The minimum atomic E-state index is -1.51. The molecule has 0 unspecified atom stereocenters. The van der Waals surface area contributed by atoms with Gasteiger partial charge in [-0.25, -0.2) is 4.79 Å². The smallest absolute Gasteiger partial charge is 0.449 e. The molecule has 1 N–H and O–H groups in total. The molecule has 0 aliphatic carbocycles. The number of carbonyl (C=O) groups is 1. The molecule has 7 heteroatoms. The Balaban J connectivity index is 2.45. The Hall–Kier alpha value is -2.57. The molecular weight excluding hydrogens is 218 g/mol. The fourth-order valence-electron chi connectivity index (χ4n) is 1.26. The Labute approximate surface area is 88.0 Å². The van der Waals surface area contributed by atoms with Crippen LogP contribution >= 0.6 is 0 Å². The molecule has 0 amide bonds. The highest BCUT2D eigenvalue weighted by Crippen LogP contribution is 2.28. The van der Waals surface area contributed by atoms with Gasteiger partial charge in [-0.15, -0.1) is 0 Å². The van der Waals surface area contributed by atoms with Gasteiger partial charge in [-0.05, 0) is 6.07 Å². The number of hydrogen-bond donors (Lipinski definition) is 1. The fourth-order valence-corrected chi connectivity index (χ4v) is 1.26. The number of carboxylic acid groups (broad SMARTS) is 1. The van der Waals surface area contributed by atoms with Gasteiger partial charge in [-0.1, -0.05) is 0 Å². The van der Waals surface area contributed by atoms with Crippen LogP contribution in [0.3, 0.4) is 0 Å². The maximum atomic E-state index is 10.5. The summed E-state index contributed by atoms with van der Waals surface area (Å²) in [4.78, 5) is 20.2. The van der Waals surface area contributed by atoms with Gasteiger partial charge in [-0.2, -0.15) is 0 Å². The minimum absolute atomic E-state index is 0.102. The molecule has 7 nitrogen and oxygen atoms in total. The van der Waals surface area contributed by atoms with Crippen LogP contribution in [0.2, 0.25) is 0 Å². The summed E-state index contributed by atoms with van der Waals surface area (Å²) in [5.41, 5.74) is 0.219. The van der Waals surface area contributed by atoms with Crippen LogP contribution in [-0.4, -0.2) is 16.2 Å². The van der Waals surface area contributed by atoms with Gasteiger partial charge in [0.1, 0.15) is 5.58 Å². The molecule has 0 radical (unpaired) electrons. The fraction of sp³-hybridized carbons (Fsp3) is 0. The monoisotopic (exact) mass is 223 g/mol. The van der Waals surface area contributed by atoms with E-state index in [1.54, 1.807) is 0 Å². The molecule has 0 spiro atoms. The van der Waals surface area contributed by atoms with E-state index in [4.69, 9.17) is 9.52 Å². The molecule has 2 aromatic rings. The number of nitro benzene ring substituents is 1. The molecule has 0 aliphatic heterocycles. The van der Waals surface area contributed by atoms with E-state index >= 15 is 0 Å². The second kappa shape index (κ2) is 3.54. The summed E-state index contributed by atoms with van der Waals surface area (Å²) in [5, 5.41) is 19.2. The summed E-state index contributed by atoms with van der Waals surface area (Å²) in [7, 11) is 0. The second-order valence-electron chi connectivity index (χ2n) is 2.91. The van der Waals surface area contributed by atoms with Gasteiger partial charge < -0.3 is 14.3 Å². The SMILES string of the molecule is O=C(O)Oc1cc2cc([N+](=O)[O-])ccc2o1. The summed E-state index contributed by atoms with van der Waals surface area (Å²) in [5.74, 6) is -0.219. The van der Waals surface area contributed by atoms with Crippen molar-refractivity contribution in [3.63, 3.8) is 0 Å². The highest BCUT2D eigenvalue weighted by molar-refractivity contribution is 5.81. The highest BCUT2D eigenvalue weighted by Gasteiger charge is 2.12. The lowest BCUT2D eigenvalue weighted by atomic mass is 10.2. The summed E-state index contributed by atoms with van der Waals surface area (Å²) >= 11 is 0. The van der Waals surface area contributed by atoms with Crippen LogP contribution in [-0.2, 0) is 0 Å². The topological polar surface area (TPSA) is 103 Å². The average Bonchev–Trinajstić information content (AvgIpc) is 2.56. The predicted octanol–water partition coefficient (Wildman–Crippen LogP) is 2.40. The van der Waals surface area contributed by atoms with Crippen molar-refractivity contribution >= 4 is 22.8 Å². The standard InChI is InChI=1S/C9H5NO6/c11-9(12)16-8-4-5-3-6(10(13)14)1-2-7(5)15-8/h1-4H,(H,11,12). The Kier molecular flexibility index (Phi) is 2.20. The Morgan fingerprint density at radius 3 is 2.81 bits per heavy atom. The molecule has 0 saturated heterocycles. The summed E-state index contributed by atoms with van der Waals surface area (Å²) in [6.07, 6.45) is -1.51. The average molecular weight is 223 g/mol. The first-order chi connectivity index (χ1) is 7.56. The molecule has 1 heterocycles. The molecule has 0 atom stereocenters. The molecule has 0 fully saturated rings. The number of nitrogens with zero attached hydrogens (tertiary/aromatic N) is 1. The number of furan rings is 1. The zero-order valence-corrected chi connectivity index (χ0v) is 7.75. The lowest BCUT2D eigenvalue weighted by Crippen LogP contribution is -2.01. The van der Waals surface area contributed by atoms with Crippen molar-refractivity contribution < 1.29 is 24.0 Å². The van der Waals surface area contributed by atoms with E-state index in [-0.39, 0.29) is 11.6 Å². The number of non-ortho nitro benzene ring substituents is 1. The third kappa shape index (κ3) is 1.78. The molecule has 1 aromatic carbocycles. The van der Waals surface area contributed by atoms with Gasteiger partial charge in [0.15, 0.2) is 0 Å². The van der Waals surface area contributed by atoms with E-state index in [1.165, 1.54) is 24.3 Å². The van der Waals surface area contributed by atoms with Crippen LogP contribution in [0, 0.1) is 10.1 Å². The number of fused-ring (bicyclic) bond motifs is 1. The van der Waals surface area contributed by atoms with E-state index < -0.39 is 11.1 Å². The maximum Gasteiger partial charge on any atom is 0.513 e. The lowest BCUT2D eigenvalue weighted by molar-refractivity contribution is -0.384. The van der Waals surface area contributed by atoms with E-state index in [9.17, 15) is 14.9 Å². The van der Waals surface area contributed by atoms with Gasteiger partial charge in [0.2, 0.25) is 0 Å². The van der Waals surface area contributed by atoms with Crippen molar-refractivity contribution in [1.82, 2.24) is 0 Å². The molecule has 16 heavy (non-hydrogen) atoms. The van der Waals surface area contributed by atoms with Crippen LogP contribution in [0.1, 0.15) is 0 Å². The summed E-state index contributed by atoms with van der Waals surface area (Å²) in [6, 6.07) is 5.18. The van der Waals surface area contributed by atoms with Crippen molar-refractivity contribution in [1.29, 1.82) is 0 Å². The van der Waals surface area contributed by atoms with Crippen LogP contribution in [0.5, 0.6) is 5.95 Å². The second-order valence-corrected chi connectivity index (χ2v) is 2.91. The molecular formula is C9H5NO6. The predicted molar refractivity (Wildman–Crippen MR) is 51.5 cm³/mol. The van der Waals surface area contributed by atoms with Gasteiger partial charge in [0, 0.05) is 23.6 Å². The largest absolute Gasteiger partial charge is 0.513 e. The van der Waals surface area contributed by atoms with Gasteiger partial charge >= 0.3 is 6.16 Å². The van der Waals surface area contributed by atoms with Gasteiger partial charge in [-0.3, -0.25) is 10.1 Å². The molecule has 0 saturated carbocycles. The van der Waals surface area contributed by atoms with E-state index in [1.807, 2.05) is 0 Å². The lowest BCUT2D eigenvalue weighted by Gasteiger charge is -1.90. The third-order valence-electron chi connectivity index (χ3n) is 1.88. The van der Waals surface area contributed by atoms with E-state index in [2.05, 4.69) is 4.74 Å². The Morgan fingerprint density at radius 2 is 2.19 bits per heavy atom. The highest BCUT2D eigenvalue weighted by atomic mass is 16.7. The van der Waals surface area contributed by atoms with Crippen LogP contribution < -0.4 is 4.74 Å². The first kappa shape index (κ1) is 9.97. The van der Waals surface area contributed by atoms with Crippen LogP contribution in [0.25, 0.3) is 11.0 Å². The molecule has 1 aromatic heterocycles. The third-order valence-corrected chi connectivity index (χ3v) is 1.88. The van der Waals surface area contributed by atoms with E-state index in [0.29, 0.717) is 11.0 Å². The number of ether oxygens (including phenoxy) is 1. The number of hydrogen-bond acceptors (Lipinski definition) is 5. The first-order valence-electron chi connectivity index (χ1n) is 4.15. The molecule has 0 aliphatic rings. The minimum Gasteiger partial charge on any atom is -0.449 e. The zero-order chi connectivity index (χ0) is 11.7. The van der Waals surface area contributed by atoms with E-state index in [0.717, 1.165) is 0 Å². The van der Waals surface area contributed by atoms with Gasteiger partial charge in [0.25, 0.3) is 11.6 Å². The summed E-state index contributed by atoms with van der Waals surface area (Å²) < 4.78 is 9.27. The van der Waals surface area contributed by atoms with Crippen molar-refractivity contribution in [3.05, 3.63) is 34.4 Å². The number of nitro groups is 1. The molecule has 2 rings (SSSR count). The maximum absolute atomic E-state index is 10.5. The summed E-state index contributed by atoms with van der Waals surface area (Å²) in [6.45, 7) is 0. The van der Waals surface area contributed by atoms with Crippen molar-refractivity contribution in [3.8, 4) is 5.95 Å². The molecule has 82 valence electrons. The van der Waals surface area contributed by atoms with Crippen molar-refractivity contribution in [2.24, 2.45) is 0 Å². The number of benzene rings is 1. The normalized spacial score (nSPS) is 10.2. The number of rotatable bonds is 2. The molecule has 0 bridgehead atoms. The quantitative estimate of drug-likeness (QED) is 0.476.